The molecule has 0 aromatic carbocycles. The highest BCUT2D eigenvalue weighted by atomic mass is 79.9. The maximum absolute atomic E-state index is 5.16. The lowest BCUT2D eigenvalue weighted by atomic mass is 10.1. The third kappa shape index (κ3) is 3.10. The van der Waals surface area contributed by atoms with Gasteiger partial charge in [-0.1, -0.05) is 5.16 Å². The van der Waals surface area contributed by atoms with Crippen LogP contribution in [-0.2, 0) is 6.42 Å². The van der Waals surface area contributed by atoms with Crippen LogP contribution in [0.4, 0.5) is 5.82 Å². The van der Waals surface area contributed by atoms with Gasteiger partial charge >= 0.3 is 0 Å². The third-order valence-corrected chi connectivity index (χ3v) is 3.28. The Bertz CT molecular complexity index is 502. The fraction of sp³-hybridized carbons (Fsp3) is 0.385. The number of rotatable bonds is 4. The second kappa shape index (κ2) is 5.52. The molecule has 1 N–H and O–H groups in total. The summed E-state index contributed by atoms with van der Waals surface area (Å²) < 4.78 is 6.14. The van der Waals surface area contributed by atoms with Crippen molar-refractivity contribution in [1.82, 2.24) is 10.1 Å². The van der Waals surface area contributed by atoms with Crippen molar-refractivity contribution in [3.63, 3.8) is 0 Å². The molecule has 0 bridgehead atoms. The van der Waals surface area contributed by atoms with Crippen LogP contribution in [0.1, 0.15) is 23.9 Å². The summed E-state index contributed by atoms with van der Waals surface area (Å²) in [6.45, 7) is 6.03. The molecule has 2 heterocycles. The number of nitrogens with zero attached hydrogens (tertiary/aromatic N) is 2. The molecule has 5 heteroatoms. The number of aromatic nitrogens is 2. The topological polar surface area (TPSA) is 51.0 Å². The zero-order valence-electron chi connectivity index (χ0n) is 10.7. The Labute approximate surface area is 115 Å². The summed E-state index contributed by atoms with van der Waals surface area (Å²) in [7, 11) is 0. The zero-order valence-corrected chi connectivity index (χ0v) is 12.3. The number of pyridine rings is 1. The summed E-state index contributed by atoms with van der Waals surface area (Å²) in [5.41, 5.74) is 2.14. The maximum Gasteiger partial charge on any atom is 0.137 e. The summed E-state index contributed by atoms with van der Waals surface area (Å²) in [6.07, 6.45) is 2.66. The van der Waals surface area contributed by atoms with Gasteiger partial charge in [0.2, 0.25) is 0 Å². The third-order valence-electron chi connectivity index (χ3n) is 2.81. The summed E-state index contributed by atoms with van der Waals surface area (Å²) in [4.78, 5) is 4.30. The van der Waals surface area contributed by atoms with Gasteiger partial charge in [-0.05, 0) is 55.3 Å². The van der Waals surface area contributed by atoms with Gasteiger partial charge in [0, 0.05) is 22.3 Å². The summed E-state index contributed by atoms with van der Waals surface area (Å²) in [5.74, 6) is 1.77. The number of halogens is 1. The van der Waals surface area contributed by atoms with Crippen molar-refractivity contribution in [3.8, 4) is 0 Å². The Morgan fingerprint density at radius 2 is 2.17 bits per heavy atom. The standard InChI is InChI=1S/C13H16BrN3O/c1-8(6-12-9(2)17-18-10(12)3)16-13-5-4-11(14)7-15-13/h4-5,7-8H,6H2,1-3H3,(H,15,16). The van der Waals surface area contributed by atoms with Crippen LogP contribution in [0.15, 0.2) is 27.3 Å². The molecule has 0 saturated heterocycles. The van der Waals surface area contributed by atoms with Crippen LogP contribution in [0.5, 0.6) is 0 Å². The van der Waals surface area contributed by atoms with E-state index in [1.165, 1.54) is 5.56 Å². The molecule has 2 rings (SSSR count). The molecule has 0 radical (unpaired) electrons. The Morgan fingerprint density at radius 1 is 1.39 bits per heavy atom. The molecular weight excluding hydrogens is 294 g/mol. The van der Waals surface area contributed by atoms with Crippen LogP contribution in [0, 0.1) is 13.8 Å². The predicted molar refractivity (Wildman–Crippen MR) is 74.7 cm³/mol. The highest BCUT2D eigenvalue weighted by Crippen LogP contribution is 2.17. The van der Waals surface area contributed by atoms with Gasteiger partial charge in [-0.15, -0.1) is 0 Å². The van der Waals surface area contributed by atoms with Gasteiger partial charge in [0.15, 0.2) is 0 Å². The van der Waals surface area contributed by atoms with Crippen molar-refractivity contribution in [2.24, 2.45) is 0 Å². The van der Waals surface area contributed by atoms with Crippen molar-refractivity contribution in [2.45, 2.75) is 33.2 Å². The molecule has 0 aliphatic heterocycles. The Kier molecular flexibility index (Phi) is 4.01. The highest BCUT2D eigenvalue weighted by Gasteiger charge is 2.13. The number of hydrogen-bond acceptors (Lipinski definition) is 4. The highest BCUT2D eigenvalue weighted by molar-refractivity contribution is 9.10. The van der Waals surface area contributed by atoms with E-state index in [9.17, 15) is 0 Å². The maximum atomic E-state index is 5.16. The first kappa shape index (κ1) is 13.1. The van der Waals surface area contributed by atoms with Crippen molar-refractivity contribution < 1.29 is 4.52 Å². The molecule has 0 amide bonds. The van der Waals surface area contributed by atoms with Crippen LogP contribution >= 0.6 is 15.9 Å². The monoisotopic (exact) mass is 309 g/mol. The van der Waals surface area contributed by atoms with Crippen LogP contribution in [0.3, 0.4) is 0 Å². The van der Waals surface area contributed by atoms with E-state index in [4.69, 9.17) is 4.52 Å². The quantitative estimate of drug-likeness (QED) is 0.939. The van der Waals surface area contributed by atoms with Crippen LogP contribution in [0.2, 0.25) is 0 Å². The molecule has 2 aromatic heterocycles. The van der Waals surface area contributed by atoms with Gasteiger partial charge in [0.1, 0.15) is 11.6 Å². The first-order valence-electron chi connectivity index (χ1n) is 5.86. The van der Waals surface area contributed by atoms with E-state index >= 15 is 0 Å². The minimum absolute atomic E-state index is 0.274. The lowest BCUT2D eigenvalue weighted by molar-refractivity contribution is 0.392. The molecule has 1 atom stereocenters. The predicted octanol–water partition coefficient (Wildman–Crippen LogP) is 3.49. The number of hydrogen-bond donors (Lipinski definition) is 1. The smallest absolute Gasteiger partial charge is 0.137 e. The van der Waals surface area contributed by atoms with Gasteiger partial charge in [-0.25, -0.2) is 4.98 Å². The summed E-state index contributed by atoms with van der Waals surface area (Å²) in [6, 6.07) is 4.20. The molecule has 0 saturated carbocycles. The summed E-state index contributed by atoms with van der Waals surface area (Å²) >= 11 is 3.37. The van der Waals surface area contributed by atoms with Gasteiger partial charge in [0.05, 0.1) is 5.69 Å². The number of anilines is 1. The minimum Gasteiger partial charge on any atom is -0.367 e. The van der Waals surface area contributed by atoms with Crippen LogP contribution in [-0.4, -0.2) is 16.2 Å². The Hall–Kier alpha value is -1.36. The van der Waals surface area contributed by atoms with Crippen molar-refractivity contribution >= 4 is 21.7 Å². The van der Waals surface area contributed by atoms with Gasteiger partial charge < -0.3 is 9.84 Å². The first-order valence-corrected chi connectivity index (χ1v) is 6.65. The fourth-order valence-corrected chi connectivity index (χ4v) is 2.10. The fourth-order valence-electron chi connectivity index (χ4n) is 1.86. The van der Waals surface area contributed by atoms with E-state index in [2.05, 4.69) is 38.3 Å². The SMILES string of the molecule is Cc1noc(C)c1CC(C)Nc1ccc(Br)cn1. The van der Waals surface area contributed by atoms with E-state index in [0.717, 1.165) is 28.2 Å². The van der Waals surface area contributed by atoms with Crippen LogP contribution < -0.4 is 5.32 Å². The average Bonchev–Trinajstić information content (AvgIpc) is 2.64. The van der Waals surface area contributed by atoms with E-state index in [1.54, 1.807) is 6.20 Å². The molecule has 0 fully saturated rings. The van der Waals surface area contributed by atoms with Crippen LogP contribution in [0.25, 0.3) is 0 Å². The second-order valence-corrected chi connectivity index (χ2v) is 5.33. The molecule has 0 aliphatic carbocycles. The number of aryl methyl sites for hydroxylation is 2. The minimum atomic E-state index is 0.274. The van der Waals surface area contributed by atoms with Gasteiger partial charge in [-0.3, -0.25) is 0 Å². The normalized spacial score (nSPS) is 12.4. The van der Waals surface area contributed by atoms with E-state index < -0.39 is 0 Å². The Balaban J connectivity index is 2.01. The van der Waals surface area contributed by atoms with Gasteiger partial charge in [-0.2, -0.15) is 0 Å². The summed E-state index contributed by atoms with van der Waals surface area (Å²) in [5, 5.41) is 7.32. The number of nitrogens with one attached hydrogen (secondary N) is 1. The van der Waals surface area contributed by atoms with Gasteiger partial charge in [0.25, 0.3) is 0 Å². The molecule has 18 heavy (non-hydrogen) atoms. The molecule has 1 unspecified atom stereocenters. The molecule has 2 aromatic rings. The van der Waals surface area contributed by atoms with Crippen molar-refractivity contribution in [2.75, 3.05) is 5.32 Å². The largest absolute Gasteiger partial charge is 0.367 e. The average molecular weight is 310 g/mol. The van der Waals surface area contributed by atoms with E-state index in [0.29, 0.717) is 0 Å². The van der Waals surface area contributed by atoms with E-state index in [-0.39, 0.29) is 6.04 Å². The lowest BCUT2D eigenvalue weighted by Gasteiger charge is -2.14. The molecule has 4 nitrogen and oxygen atoms in total. The van der Waals surface area contributed by atoms with Crippen molar-refractivity contribution in [1.29, 1.82) is 0 Å². The molecule has 0 spiro atoms. The first-order chi connectivity index (χ1) is 8.56. The van der Waals surface area contributed by atoms with Crippen molar-refractivity contribution in [3.05, 3.63) is 39.8 Å². The second-order valence-electron chi connectivity index (χ2n) is 4.41. The molecule has 96 valence electrons. The molecule has 0 aliphatic rings. The van der Waals surface area contributed by atoms with E-state index in [1.807, 2.05) is 26.0 Å². The lowest BCUT2D eigenvalue weighted by Crippen LogP contribution is -2.19. The Morgan fingerprint density at radius 3 is 2.72 bits per heavy atom. The molecular formula is C13H16BrN3O. The zero-order chi connectivity index (χ0) is 13.1.